The summed E-state index contributed by atoms with van der Waals surface area (Å²) in [5, 5.41) is 24.9. The highest BCUT2D eigenvalue weighted by atomic mass is 15.0. The Kier molecular flexibility index (Phi) is 5.22. The molecule has 0 saturated carbocycles. The van der Waals surface area contributed by atoms with E-state index in [1.807, 2.05) is 6.07 Å². The van der Waals surface area contributed by atoms with Crippen molar-refractivity contribution in [2.75, 3.05) is 0 Å². The molecule has 6 aromatic carbocycles. The topological polar surface area (TPSA) is 57.4 Å². The minimum Gasteiger partial charge on any atom is -0.309 e. The Hall–Kier alpha value is -6.10. The van der Waals surface area contributed by atoms with Crippen LogP contribution in [0.5, 0.6) is 0 Å². The summed E-state index contributed by atoms with van der Waals surface area (Å²) in [6.07, 6.45) is 0. The van der Waals surface area contributed by atoms with Crippen molar-refractivity contribution in [1.82, 2.24) is 9.13 Å². The van der Waals surface area contributed by atoms with Gasteiger partial charge in [-0.25, -0.2) is 0 Å². The summed E-state index contributed by atoms with van der Waals surface area (Å²) in [6, 6.07) is 50.1. The summed E-state index contributed by atoms with van der Waals surface area (Å²) in [7, 11) is 0. The number of hydrogen-bond donors (Lipinski definition) is 0. The zero-order valence-corrected chi connectivity index (χ0v) is 22.5. The summed E-state index contributed by atoms with van der Waals surface area (Å²) in [6.45, 7) is 0. The van der Waals surface area contributed by atoms with Gasteiger partial charge in [0, 0.05) is 38.4 Å². The summed E-state index contributed by atoms with van der Waals surface area (Å²) in [4.78, 5) is 0. The van der Waals surface area contributed by atoms with Crippen molar-refractivity contribution in [2.24, 2.45) is 0 Å². The van der Waals surface area contributed by atoms with E-state index >= 15 is 0 Å². The largest absolute Gasteiger partial charge is 0.309 e. The smallest absolute Gasteiger partial charge is 0.0998 e. The third-order valence-corrected chi connectivity index (χ3v) is 8.20. The molecule has 0 unspecified atom stereocenters. The summed E-state index contributed by atoms with van der Waals surface area (Å²) in [5.41, 5.74) is 8.71. The fourth-order valence-corrected chi connectivity index (χ4v) is 6.46. The molecule has 0 amide bonds. The van der Waals surface area contributed by atoms with Crippen LogP contribution in [0.3, 0.4) is 0 Å². The molecule has 0 bridgehead atoms. The van der Waals surface area contributed by atoms with Crippen molar-refractivity contribution in [2.45, 2.75) is 0 Å². The lowest BCUT2D eigenvalue weighted by Crippen LogP contribution is -2.01. The number of para-hydroxylation sites is 4. The van der Waals surface area contributed by atoms with Crippen LogP contribution < -0.4 is 0 Å². The molecule has 8 rings (SSSR count). The van der Waals surface area contributed by atoms with E-state index in [1.165, 1.54) is 0 Å². The van der Waals surface area contributed by atoms with Gasteiger partial charge < -0.3 is 9.13 Å². The Morgan fingerprint density at radius 1 is 0.429 bits per heavy atom. The van der Waals surface area contributed by atoms with Crippen molar-refractivity contribution in [3.05, 3.63) is 145 Å². The Morgan fingerprint density at radius 2 is 0.929 bits per heavy atom. The van der Waals surface area contributed by atoms with Gasteiger partial charge in [-0.3, -0.25) is 0 Å². The Bertz CT molecular complexity index is 2340. The van der Waals surface area contributed by atoms with Gasteiger partial charge >= 0.3 is 0 Å². The van der Waals surface area contributed by atoms with Crippen molar-refractivity contribution in [3.8, 4) is 34.6 Å². The van der Waals surface area contributed by atoms with Crippen LogP contribution in [-0.4, -0.2) is 9.13 Å². The fraction of sp³-hybridized carbons (Fsp3) is 0. The molecular formula is C38H22N4. The second-order valence-corrected chi connectivity index (χ2v) is 10.4. The minimum absolute atomic E-state index is 0.474. The fourth-order valence-electron chi connectivity index (χ4n) is 6.46. The molecule has 0 atom stereocenters. The molecule has 0 aliphatic rings. The molecular weight excluding hydrogens is 512 g/mol. The highest BCUT2D eigenvalue weighted by molar-refractivity contribution is 6.14. The monoisotopic (exact) mass is 534 g/mol. The Morgan fingerprint density at radius 3 is 1.50 bits per heavy atom. The molecule has 0 spiro atoms. The Balaban J connectivity index is 1.63. The average molecular weight is 535 g/mol. The number of benzene rings is 6. The maximum atomic E-state index is 10.2. The zero-order valence-electron chi connectivity index (χ0n) is 22.5. The van der Waals surface area contributed by atoms with E-state index in [2.05, 4.69) is 130 Å². The van der Waals surface area contributed by atoms with Gasteiger partial charge in [0.1, 0.15) is 0 Å². The second-order valence-electron chi connectivity index (χ2n) is 10.4. The first-order chi connectivity index (χ1) is 20.8. The van der Waals surface area contributed by atoms with Crippen LogP contribution in [0.25, 0.3) is 66.1 Å². The van der Waals surface area contributed by atoms with E-state index in [9.17, 15) is 10.5 Å². The first-order valence-corrected chi connectivity index (χ1v) is 13.8. The summed E-state index contributed by atoms with van der Waals surface area (Å²) >= 11 is 0. The lowest BCUT2D eigenvalue weighted by molar-refractivity contribution is 1.15. The maximum Gasteiger partial charge on any atom is 0.0998 e. The number of hydrogen-bond acceptors (Lipinski definition) is 2. The van der Waals surface area contributed by atoms with Crippen LogP contribution >= 0.6 is 0 Å². The third kappa shape index (κ3) is 3.33. The van der Waals surface area contributed by atoms with Crippen molar-refractivity contribution in [1.29, 1.82) is 10.5 Å². The molecule has 0 saturated heterocycles. The molecule has 0 aliphatic carbocycles. The molecule has 0 aliphatic heterocycles. The zero-order chi connectivity index (χ0) is 28.2. The van der Waals surface area contributed by atoms with Gasteiger partial charge in [-0.15, -0.1) is 0 Å². The van der Waals surface area contributed by atoms with Crippen molar-refractivity contribution in [3.63, 3.8) is 0 Å². The maximum absolute atomic E-state index is 10.2. The van der Waals surface area contributed by atoms with E-state index in [0.717, 1.165) is 60.5 Å². The molecule has 0 radical (unpaired) electrons. The van der Waals surface area contributed by atoms with Gasteiger partial charge in [-0.1, -0.05) is 78.9 Å². The van der Waals surface area contributed by atoms with Crippen molar-refractivity contribution >= 4 is 43.6 Å². The highest BCUT2D eigenvalue weighted by Gasteiger charge is 2.23. The molecule has 0 fully saturated rings. The van der Waals surface area contributed by atoms with Crippen LogP contribution in [0, 0.1) is 22.7 Å². The van der Waals surface area contributed by atoms with Gasteiger partial charge in [0.05, 0.1) is 51.0 Å². The number of aromatic nitrogens is 2. The van der Waals surface area contributed by atoms with Crippen LogP contribution in [0.15, 0.2) is 133 Å². The van der Waals surface area contributed by atoms with E-state index in [0.29, 0.717) is 16.7 Å². The van der Waals surface area contributed by atoms with E-state index in [-0.39, 0.29) is 0 Å². The average Bonchev–Trinajstić information content (AvgIpc) is 3.56. The Labute approximate surface area is 242 Å². The van der Waals surface area contributed by atoms with Gasteiger partial charge in [-0.05, 0) is 54.6 Å². The van der Waals surface area contributed by atoms with E-state index in [1.54, 1.807) is 18.2 Å². The standard InChI is InChI=1S/C38H22N4/c39-23-25-11-10-12-26(24-40)38(25)32-21-31-30-17-6-7-18-33(30)41(27-13-2-1-3-14-27)36(31)22-37(32)42-34-19-8-4-15-28(34)29-16-5-9-20-35(29)42/h1-22H. The molecule has 42 heavy (non-hydrogen) atoms. The van der Waals surface area contributed by atoms with Gasteiger partial charge in [0.25, 0.3) is 0 Å². The highest BCUT2D eigenvalue weighted by Crippen LogP contribution is 2.43. The number of nitrogens with zero attached hydrogens (tertiary/aromatic N) is 4. The second kappa shape index (κ2) is 9.24. The molecule has 194 valence electrons. The molecule has 2 aromatic heterocycles. The number of rotatable bonds is 3. The van der Waals surface area contributed by atoms with Crippen LogP contribution in [0.2, 0.25) is 0 Å². The first-order valence-electron chi connectivity index (χ1n) is 13.8. The lowest BCUT2D eigenvalue weighted by Gasteiger charge is -2.17. The minimum atomic E-state index is 0.474. The predicted molar refractivity (Wildman–Crippen MR) is 170 cm³/mol. The molecule has 0 N–H and O–H groups in total. The van der Waals surface area contributed by atoms with E-state index in [4.69, 9.17) is 0 Å². The summed E-state index contributed by atoms with van der Waals surface area (Å²) in [5.74, 6) is 0. The third-order valence-electron chi connectivity index (χ3n) is 8.20. The molecule has 2 heterocycles. The SMILES string of the molecule is N#Cc1cccc(C#N)c1-c1cc2c3ccccc3n(-c3ccccc3)c2cc1-n1c2ccccc2c2ccccc21. The number of fused-ring (bicyclic) bond motifs is 6. The van der Waals surface area contributed by atoms with Crippen LogP contribution in [0.1, 0.15) is 11.1 Å². The molecule has 4 heteroatoms. The van der Waals surface area contributed by atoms with Gasteiger partial charge in [-0.2, -0.15) is 10.5 Å². The quantitative estimate of drug-likeness (QED) is 0.227. The van der Waals surface area contributed by atoms with E-state index < -0.39 is 0 Å². The molecule has 8 aromatic rings. The summed E-state index contributed by atoms with van der Waals surface area (Å²) < 4.78 is 4.58. The van der Waals surface area contributed by atoms with Gasteiger partial charge in [0.15, 0.2) is 0 Å². The number of nitriles is 2. The lowest BCUT2D eigenvalue weighted by atomic mass is 9.92. The predicted octanol–water partition coefficient (Wildman–Crippen LogP) is 9.29. The molecule has 4 nitrogen and oxygen atoms in total. The van der Waals surface area contributed by atoms with Crippen molar-refractivity contribution < 1.29 is 0 Å². The van der Waals surface area contributed by atoms with Crippen LogP contribution in [-0.2, 0) is 0 Å². The normalized spacial score (nSPS) is 11.3. The van der Waals surface area contributed by atoms with Crippen LogP contribution in [0.4, 0.5) is 0 Å². The van der Waals surface area contributed by atoms with Gasteiger partial charge in [0.2, 0.25) is 0 Å². The first kappa shape index (κ1) is 23.8.